The molecule has 186 valence electrons. The summed E-state index contributed by atoms with van der Waals surface area (Å²) in [5, 5.41) is 13.0. The van der Waals surface area contributed by atoms with Crippen molar-refractivity contribution in [1.82, 2.24) is 19.8 Å². The van der Waals surface area contributed by atoms with E-state index < -0.39 is 0 Å². The smallest absolute Gasteiger partial charge is 0.323 e. The zero-order valence-electron chi connectivity index (χ0n) is 20.7. The van der Waals surface area contributed by atoms with E-state index in [0.29, 0.717) is 29.8 Å². The van der Waals surface area contributed by atoms with Crippen LogP contribution in [0.25, 0.3) is 21.7 Å². The number of amides is 2. The van der Waals surface area contributed by atoms with Gasteiger partial charge in [0.25, 0.3) is 0 Å². The minimum atomic E-state index is -0.124. The number of nitrogens with zero attached hydrogens (tertiary/aromatic N) is 5. The first kappa shape index (κ1) is 24.4. The molecule has 0 spiro atoms. The molecule has 36 heavy (non-hydrogen) atoms. The summed E-state index contributed by atoms with van der Waals surface area (Å²) in [5.41, 5.74) is 5.01. The van der Waals surface area contributed by atoms with Gasteiger partial charge in [0.1, 0.15) is 0 Å². The second-order valence-corrected chi connectivity index (χ2v) is 10.3. The van der Waals surface area contributed by atoms with Crippen molar-refractivity contribution < 1.29 is 9.53 Å². The molecule has 9 heteroatoms. The maximum atomic E-state index is 13.1. The number of hydrogen-bond donors (Lipinski definition) is 1. The molecule has 3 aromatic rings. The van der Waals surface area contributed by atoms with Crippen LogP contribution >= 0.6 is 11.3 Å². The molecule has 4 heterocycles. The number of anilines is 1. The van der Waals surface area contributed by atoms with Crippen molar-refractivity contribution in [3.05, 3.63) is 53.3 Å². The first-order chi connectivity index (χ1) is 17.5. The Balaban J connectivity index is 1.36. The molecule has 2 amide bonds. The molecule has 2 saturated heterocycles. The van der Waals surface area contributed by atoms with Crippen LogP contribution in [0.4, 0.5) is 9.93 Å². The highest BCUT2D eigenvalue weighted by atomic mass is 32.1. The largest absolute Gasteiger partial charge is 0.381 e. The van der Waals surface area contributed by atoms with Gasteiger partial charge in [0, 0.05) is 62.4 Å². The van der Waals surface area contributed by atoms with Gasteiger partial charge in [0.15, 0.2) is 5.13 Å². The molecule has 0 unspecified atom stereocenters. The van der Waals surface area contributed by atoms with E-state index >= 15 is 0 Å². The molecular weight excluding hydrogens is 472 g/mol. The first-order valence-corrected chi connectivity index (χ1v) is 13.2. The van der Waals surface area contributed by atoms with E-state index in [-0.39, 0.29) is 6.03 Å². The van der Waals surface area contributed by atoms with Gasteiger partial charge in [0.2, 0.25) is 0 Å². The fraction of sp³-hybridized carbons (Fsp3) is 0.407. The summed E-state index contributed by atoms with van der Waals surface area (Å²) in [6.07, 6.45) is 2.13. The predicted octanol–water partition coefficient (Wildman–Crippen LogP) is 4.69. The van der Waals surface area contributed by atoms with Gasteiger partial charge in [0.05, 0.1) is 22.2 Å². The van der Waals surface area contributed by atoms with E-state index in [9.17, 15) is 10.1 Å². The van der Waals surface area contributed by atoms with Gasteiger partial charge in [-0.2, -0.15) is 5.26 Å². The second-order valence-electron chi connectivity index (χ2n) is 9.32. The summed E-state index contributed by atoms with van der Waals surface area (Å²) in [6.45, 7) is 8.74. The molecule has 0 saturated carbocycles. The van der Waals surface area contributed by atoms with Crippen molar-refractivity contribution in [3.63, 3.8) is 0 Å². The van der Waals surface area contributed by atoms with E-state index in [1.54, 1.807) is 6.07 Å². The summed E-state index contributed by atoms with van der Waals surface area (Å²) < 4.78 is 5.49. The zero-order chi connectivity index (χ0) is 25.1. The minimum Gasteiger partial charge on any atom is -0.381 e. The van der Waals surface area contributed by atoms with Crippen LogP contribution in [0.15, 0.2) is 36.4 Å². The molecule has 1 aromatic carbocycles. The van der Waals surface area contributed by atoms with Crippen LogP contribution < -0.4 is 5.32 Å². The van der Waals surface area contributed by atoms with Gasteiger partial charge >= 0.3 is 6.03 Å². The Morgan fingerprint density at radius 2 is 1.78 bits per heavy atom. The van der Waals surface area contributed by atoms with Gasteiger partial charge in [-0.15, -0.1) is 0 Å². The van der Waals surface area contributed by atoms with Gasteiger partial charge < -0.3 is 9.64 Å². The average Bonchev–Trinajstić information content (AvgIpc) is 3.32. The third kappa shape index (κ3) is 5.41. The van der Waals surface area contributed by atoms with Crippen molar-refractivity contribution >= 4 is 22.5 Å². The lowest BCUT2D eigenvalue weighted by atomic mass is 10.0. The number of aromatic nitrogens is 2. The normalized spacial score (nSPS) is 17.1. The summed E-state index contributed by atoms with van der Waals surface area (Å²) in [5.74, 6) is 0. The molecule has 0 atom stereocenters. The van der Waals surface area contributed by atoms with E-state index in [2.05, 4.69) is 21.3 Å². The van der Waals surface area contributed by atoms with Crippen molar-refractivity contribution in [2.45, 2.75) is 32.7 Å². The number of carbonyl (C=O) groups excluding carboxylic acids is 1. The Hall–Kier alpha value is -3.32. The topological polar surface area (TPSA) is 94.4 Å². The fourth-order valence-electron chi connectivity index (χ4n) is 4.98. The van der Waals surface area contributed by atoms with Crippen LogP contribution in [-0.4, -0.2) is 71.2 Å². The van der Waals surface area contributed by atoms with Crippen molar-refractivity contribution in [1.29, 1.82) is 5.26 Å². The quantitative estimate of drug-likeness (QED) is 0.556. The molecule has 2 aromatic heterocycles. The molecule has 0 radical (unpaired) electrons. The summed E-state index contributed by atoms with van der Waals surface area (Å²) >= 11 is 1.45. The number of rotatable bonds is 4. The number of pyridine rings is 1. The zero-order valence-corrected chi connectivity index (χ0v) is 21.5. The van der Waals surface area contributed by atoms with Gasteiger partial charge in [-0.25, -0.2) is 9.78 Å². The monoisotopic (exact) mass is 502 g/mol. The molecule has 2 aliphatic heterocycles. The SMILES string of the molecule is Cc1cc(-c2sc(NC(=O)N3CCN(C4CCOCC4)CC3)nc2-c2cccc(C#N)c2)cc(C)n1. The lowest BCUT2D eigenvalue weighted by Gasteiger charge is -2.40. The lowest BCUT2D eigenvalue weighted by Crippen LogP contribution is -2.53. The van der Waals surface area contributed by atoms with Crippen LogP contribution in [0.1, 0.15) is 29.8 Å². The Morgan fingerprint density at radius 1 is 1.06 bits per heavy atom. The molecule has 0 bridgehead atoms. The molecule has 1 N–H and O–H groups in total. The lowest BCUT2D eigenvalue weighted by molar-refractivity contribution is 0.0194. The van der Waals surface area contributed by atoms with Crippen molar-refractivity contribution in [2.24, 2.45) is 0 Å². The summed E-state index contributed by atoms with van der Waals surface area (Å²) in [4.78, 5) is 27.8. The maximum absolute atomic E-state index is 13.1. The Morgan fingerprint density at radius 3 is 2.47 bits per heavy atom. The standard InChI is InChI=1S/C27H30N6O2S/c1-18-14-22(15-19(2)29-18)25-24(21-5-3-4-20(16-21)17-28)30-26(36-25)31-27(34)33-10-8-32(9-11-33)23-6-12-35-13-7-23/h3-5,14-16,23H,6-13H2,1-2H3,(H,30,31,34). The summed E-state index contributed by atoms with van der Waals surface area (Å²) in [7, 11) is 0. The number of urea groups is 1. The number of benzene rings is 1. The molecule has 5 rings (SSSR count). The Kier molecular flexibility index (Phi) is 7.28. The van der Waals surface area contributed by atoms with Crippen LogP contribution in [0.5, 0.6) is 0 Å². The number of piperazine rings is 1. The number of carbonyl (C=O) groups is 1. The van der Waals surface area contributed by atoms with Crippen LogP contribution in [0, 0.1) is 25.2 Å². The highest BCUT2D eigenvalue weighted by molar-refractivity contribution is 7.19. The molecular formula is C27H30N6O2S. The highest BCUT2D eigenvalue weighted by Gasteiger charge is 2.28. The molecule has 2 fully saturated rings. The van der Waals surface area contributed by atoms with Crippen LogP contribution in [0.3, 0.4) is 0 Å². The summed E-state index contributed by atoms with van der Waals surface area (Å²) in [6, 6.07) is 14.1. The van der Waals surface area contributed by atoms with Gasteiger partial charge in [-0.05, 0) is 56.5 Å². The van der Waals surface area contributed by atoms with Crippen molar-refractivity contribution in [2.75, 3.05) is 44.7 Å². The molecule has 0 aliphatic carbocycles. The van der Waals surface area contributed by atoms with E-state index in [4.69, 9.17) is 9.72 Å². The number of ether oxygens (including phenoxy) is 1. The Bertz CT molecular complexity index is 1270. The fourth-order valence-corrected chi connectivity index (χ4v) is 5.94. The second kappa shape index (κ2) is 10.7. The van der Waals surface area contributed by atoms with E-state index in [1.165, 1.54) is 11.3 Å². The maximum Gasteiger partial charge on any atom is 0.323 e. The molecule has 8 nitrogen and oxygen atoms in total. The third-order valence-electron chi connectivity index (χ3n) is 6.76. The number of nitrogens with one attached hydrogen (secondary N) is 1. The minimum absolute atomic E-state index is 0.124. The number of hydrogen-bond acceptors (Lipinski definition) is 7. The highest BCUT2D eigenvalue weighted by Crippen LogP contribution is 2.39. The van der Waals surface area contributed by atoms with Crippen LogP contribution in [-0.2, 0) is 4.74 Å². The Labute approximate surface area is 215 Å². The van der Waals surface area contributed by atoms with Gasteiger partial charge in [-0.1, -0.05) is 23.5 Å². The van der Waals surface area contributed by atoms with Crippen LogP contribution in [0.2, 0.25) is 0 Å². The predicted molar refractivity (Wildman–Crippen MR) is 141 cm³/mol. The van der Waals surface area contributed by atoms with Crippen molar-refractivity contribution in [3.8, 4) is 27.8 Å². The number of thiazole rings is 1. The average molecular weight is 503 g/mol. The van der Waals surface area contributed by atoms with Gasteiger partial charge in [-0.3, -0.25) is 15.2 Å². The van der Waals surface area contributed by atoms with E-state index in [0.717, 1.165) is 72.2 Å². The number of aryl methyl sites for hydroxylation is 2. The number of nitriles is 1. The van der Waals surface area contributed by atoms with E-state index in [1.807, 2.05) is 49.1 Å². The third-order valence-corrected chi connectivity index (χ3v) is 7.78. The first-order valence-electron chi connectivity index (χ1n) is 12.3. The molecule has 2 aliphatic rings.